The summed E-state index contributed by atoms with van der Waals surface area (Å²) in [5.74, 6) is -0.399. The van der Waals surface area contributed by atoms with Crippen LogP contribution in [0.1, 0.15) is 13.3 Å². The second-order valence-corrected chi connectivity index (χ2v) is 5.09. The summed E-state index contributed by atoms with van der Waals surface area (Å²) in [4.78, 5) is 0. The van der Waals surface area contributed by atoms with E-state index in [9.17, 15) is 4.39 Å². The van der Waals surface area contributed by atoms with E-state index in [-0.39, 0.29) is 6.29 Å². The fourth-order valence-corrected chi connectivity index (χ4v) is 2.01. The average molecular weight is 291 g/mol. The first-order chi connectivity index (χ1) is 8.92. The van der Waals surface area contributed by atoms with Crippen LogP contribution < -0.4 is 11.1 Å². The number of benzene rings is 1. The van der Waals surface area contributed by atoms with Gasteiger partial charge < -0.3 is 20.5 Å². The Hall–Kier alpha value is -0.880. The summed E-state index contributed by atoms with van der Waals surface area (Å²) in [6, 6.07) is 4.27. The number of rotatable bonds is 7. The maximum atomic E-state index is 13.3. The number of ether oxygens (including phenoxy) is 2. The third kappa shape index (κ3) is 4.95. The van der Waals surface area contributed by atoms with E-state index in [1.807, 2.05) is 6.92 Å². The number of nitrogens with one attached hydrogen (secondary N) is 1. The summed E-state index contributed by atoms with van der Waals surface area (Å²) in [7, 11) is 3.12. The SMILES string of the molecule is COC(CC(C)(CN)Nc1cc(F)cc(Cl)c1)OC. The standard InChI is InChI=1S/C13H20ClFN2O2/c1-13(8-16,7-12(18-2)19-3)17-11-5-9(14)4-10(15)6-11/h4-6,12,17H,7-8,16H2,1-3H3. The van der Waals surface area contributed by atoms with E-state index in [4.69, 9.17) is 26.8 Å². The van der Waals surface area contributed by atoms with E-state index in [0.29, 0.717) is 23.7 Å². The second-order valence-electron chi connectivity index (χ2n) is 4.65. The highest BCUT2D eigenvalue weighted by Gasteiger charge is 2.27. The zero-order chi connectivity index (χ0) is 14.5. The van der Waals surface area contributed by atoms with Gasteiger partial charge in [0, 0.05) is 37.9 Å². The van der Waals surface area contributed by atoms with Gasteiger partial charge in [0.05, 0.1) is 5.54 Å². The van der Waals surface area contributed by atoms with Crippen molar-refractivity contribution in [3.8, 4) is 0 Å². The molecule has 1 rings (SSSR count). The van der Waals surface area contributed by atoms with Gasteiger partial charge in [-0.15, -0.1) is 0 Å². The third-order valence-corrected chi connectivity index (χ3v) is 3.12. The third-order valence-electron chi connectivity index (χ3n) is 2.90. The molecule has 0 radical (unpaired) electrons. The Morgan fingerprint density at radius 1 is 1.37 bits per heavy atom. The molecule has 0 amide bonds. The number of hydrogen-bond acceptors (Lipinski definition) is 4. The Kier molecular flexibility index (Phi) is 6.00. The minimum absolute atomic E-state index is 0.330. The average Bonchev–Trinajstić information content (AvgIpc) is 2.34. The number of anilines is 1. The molecule has 19 heavy (non-hydrogen) atoms. The summed E-state index contributed by atoms with van der Waals surface area (Å²) in [5.41, 5.74) is 5.87. The summed E-state index contributed by atoms with van der Waals surface area (Å²) < 4.78 is 23.6. The van der Waals surface area contributed by atoms with Crippen molar-refractivity contribution in [2.45, 2.75) is 25.2 Å². The van der Waals surface area contributed by atoms with E-state index in [1.165, 1.54) is 12.1 Å². The van der Waals surface area contributed by atoms with E-state index in [1.54, 1.807) is 20.3 Å². The molecule has 0 saturated carbocycles. The minimum Gasteiger partial charge on any atom is -0.378 e. The molecule has 0 saturated heterocycles. The molecular weight excluding hydrogens is 271 g/mol. The molecule has 108 valence electrons. The molecule has 0 bridgehead atoms. The van der Waals surface area contributed by atoms with Gasteiger partial charge in [-0.3, -0.25) is 0 Å². The summed E-state index contributed by atoms with van der Waals surface area (Å²) in [5, 5.41) is 3.51. The van der Waals surface area contributed by atoms with Gasteiger partial charge in [-0.25, -0.2) is 4.39 Å². The Morgan fingerprint density at radius 3 is 2.47 bits per heavy atom. The largest absolute Gasteiger partial charge is 0.378 e. The van der Waals surface area contributed by atoms with Gasteiger partial charge in [-0.2, -0.15) is 0 Å². The van der Waals surface area contributed by atoms with Gasteiger partial charge in [0.2, 0.25) is 0 Å². The Balaban J connectivity index is 2.84. The van der Waals surface area contributed by atoms with Gasteiger partial charge >= 0.3 is 0 Å². The van der Waals surface area contributed by atoms with Gasteiger partial charge in [-0.05, 0) is 25.1 Å². The number of halogens is 2. The first-order valence-corrected chi connectivity index (χ1v) is 6.30. The van der Waals surface area contributed by atoms with Crippen LogP contribution in [0.4, 0.5) is 10.1 Å². The van der Waals surface area contributed by atoms with Crippen molar-refractivity contribution in [1.82, 2.24) is 0 Å². The molecule has 1 aromatic rings. The van der Waals surface area contributed by atoms with Crippen LogP contribution in [0.25, 0.3) is 0 Å². The van der Waals surface area contributed by atoms with Crippen LogP contribution in [0.5, 0.6) is 0 Å². The van der Waals surface area contributed by atoms with Crippen molar-refractivity contribution in [3.63, 3.8) is 0 Å². The predicted molar refractivity (Wildman–Crippen MR) is 74.9 cm³/mol. The molecule has 6 heteroatoms. The lowest BCUT2D eigenvalue weighted by atomic mass is 9.97. The van der Waals surface area contributed by atoms with E-state index < -0.39 is 11.4 Å². The van der Waals surface area contributed by atoms with Crippen molar-refractivity contribution in [1.29, 1.82) is 0 Å². The highest BCUT2D eigenvalue weighted by Crippen LogP contribution is 2.24. The number of hydrogen-bond donors (Lipinski definition) is 2. The highest BCUT2D eigenvalue weighted by molar-refractivity contribution is 6.30. The zero-order valence-electron chi connectivity index (χ0n) is 11.4. The minimum atomic E-state index is -0.492. The first-order valence-electron chi connectivity index (χ1n) is 5.92. The summed E-state index contributed by atoms with van der Waals surface area (Å²) in [6.07, 6.45) is 0.134. The van der Waals surface area contributed by atoms with Gasteiger partial charge in [0.15, 0.2) is 6.29 Å². The maximum absolute atomic E-state index is 13.3. The Labute approximate surface area is 118 Å². The smallest absolute Gasteiger partial charge is 0.159 e. The van der Waals surface area contributed by atoms with Crippen LogP contribution in [0.3, 0.4) is 0 Å². The van der Waals surface area contributed by atoms with Crippen molar-refractivity contribution in [2.24, 2.45) is 5.73 Å². The predicted octanol–water partition coefficient (Wildman–Crippen LogP) is 2.62. The molecule has 0 heterocycles. The second kappa shape index (κ2) is 7.05. The Morgan fingerprint density at radius 2 is 2.00 bits per heavy atom. The molecular formula is C13H20ClFN2O2. The number of methoxy groups -OCH3 is 2. The molecule has 3 N–H and O–H groups in total. The van der Waals surface area contributed by atoms with Crippen molar-refractivity contribution in [3.05, 3.63) is 29.0 Å². The van der Waals surface area contributed by atoms with Gasteiger partial charge in [-0.1, -0.05) is 11.6 Å². The van der Waals surface area contributed by atoms with Crippen LogP contribution in [0, 0.1) is 5.82 Å². The molecule has 1 unspecified atom stereocenters. The van der Waals surface area contributed by atoms with Crippen LogP contribution >= 0.6 is 11.6 Å². The lowest BCUT2D eigenvalue weighted by Crippen LogP contribution is -2.46. The van der Waals surface area contributed by atoms with Crippen molar-refractivity contribution >= 4 is 17.3 Å². The van der Waals surface area contributed by atoms with Crippen LogP contribution in [-0.2, 0) is 9.47 Å². The maximum Gasteiger partial charge on any atom is 0.159 e. The quantitative estimate of drug-likeness (QED) is 0.758. The topological polar surface area (TPSA) is 56.5 Å². The normalized spacial score (nSPS) is 14.5. The highest BCUT2D eigenvalue weighted by atomic mass is 35.5. The molecule has 1 atom stereocenters. The summed E-state index contributed by atoms with van der Waals surface area (Å²) in [6.45, 7) is 2.25. The van der Waals surface area contributed by atoms with Crippen molar-refractivity contribution < 1.29 is 13.9 Å². The van der Waals surface area contributed by atoms with Crippen LogP contribution in [-0.4, -0.2) is 32.6 Å². The van der Waals surface area contributed by atoms with Crippen molar-refractivity contribution in [2.75, 3.05) is 26.1 Å². The fraction of sp³-hybridized carbons (Fsp3) is 0.538. The fourth-order valence-electron chi connectivity index (χ4n) is 1.79. The van der Waals surface area contributed by atoms with E-state index >= 15 is 0 Å². The molecule has 0 aliphatic rings. The monoisotopic (exact) mass is 290 g/mol. The van der Waals surface area contributed by atoms with Crippen LogP contribution in [0.2, 0.25) is 5.02 Å². The molecule has 4 nitrogen and oxygen atoms in total. The lowest BCUT2D eigenvalue weighted by molar-refractivity contribution is -0.113. The molecule has 0 aliphatic carbocycles. The zero-order valence-corrected chi connectivity index (χ0v) is 12.1. The molecule has 0 aromatic heterocycles. The van der Waals surface area contributed by atoms with E-state index in [0.717, 1.165) is 0 Å². The molecule has 0 spiro atoms. The van der Waals surface area contributed by atoms with Crippen LogP contribution in [0.15, 0.2) is 18.2 Å². The lowest BCUT2D eigenvalue weighted by Gasteiger charge is -2.33. The molecule has 0 fully saturated rings. The molecule has 1 aromatic carbocycles. The van der Waals surface area contributed by atoms with E-state index in [2.05, 4.69) is 5.32 Å². The number of nitrogens with two attached hydrogens (primary N) is 1. The van der Waals surface area contributed by atoms with Gasteiger partial charge in [0.1, 0.15) is 5.82 Å². The summed E-state index contributed by atoms with van der Waals surface area (Å²) >= 11 is 5.82. The first kappa shape index (κ1) is 16.2. The molecule has 0 aliphatic heterocycles. The van der Waals surface area contributed by atoms with Gasteiger partial charge in [0.25, 0.3) is 0 Å². The Bertz CT molecular complexity index is 395.